The Morgan fingerprint density at radius 2 is 1.53 bits per heavy atom. The first-order chi connectivity index (χ1) is 17.7. The largest absolute Gasteiger partial charge is 0.444 e. The van der Waals surface area contributed by atoms with Crippen LogP contribution >= 0.6 is 0 Å². The van der Waals surface area contributed by atoms with Gasteiger partial charge in [-0.05, 0) is 71.9 Å². The molecular formula is C31H53N3O4. The highest BCUT2D eigenvalue weighted by molar-refractivity contribution is 5.92. The fraction of sp³-hybridized carbons (Fsp3) is 0.710. The number of hydrogen-bond acceptors (Lipinski definition) is 4. The predicted octanol–water partition coefficient (Wildman–Crippen LogP) is 6.61. The summed E-state index contributed by atoms with van der Waals surface area (Å²) >= 11 is 0. The Bertz CT molecular complexity index is 905. The van der Waals surface area contributed by atoms with Crippen LogP contribution in [0, 0.1) is 19.8 Å². The molecule has 7 heteroatoms. The second-order valence-electron chi connectivity index (χ2n) is 12.1. The molecule has 0 radical (unpaired) electrons. The number of aryl methyl sites for hydroxylation is 2. The third-order valence-corrected chi connectivity index (χ3v) is 6.35. The van der Waals surface area contributed by atoms with E-state index in [0.29, 0.717) is 6.54 Å². The van der Waals surface area contributed by atoms with Gasteiger partial charge < -0.3 is 20.3 Å². The maximum absolute atomic E-state index is 14.2. The zero-order valence-electron chi connectivity index (χ0n) is 25.6. The second-order valence-corrected chi connectivity index (χ2v) is 12.1. The summed E-state index contributed by atoms with van der Waals surface area (Å²) < 4.78 is 5.46. The summed E-state index contributed by atoms with van der Waals surface area (Å²) in [5.74, 6) is -0.690. The molecule has 0 aliphatic carbocycles. The van der Waals surface area contributed by atoms with Crippen LogP contribution < -0.4 is 10.6 Å². The Balaban J connectivity index is 3.46. The fourth-order valence-electron chi connectivity index (χ4n) is 4.50. The summed E-state index contributed by atoms with van der Waals surface area (Å²) in [4.78, 5) is 42.3. The quantitative estimate of drug-likeness (QED) is 0.265. The van der Waals surface area contributed by atoms with Crippen molar-refractivity contribution in [3.63, 3.8) is 0 Å². The van der Waals surface area contributed by atoms with E-state index in [9.17, 15) is 14.4 Å². The minimum absolute atomic E-state index is 0.0810. The van der Waals surface area contributed by atoms with E-state index in [1.54, 1.807) is 25.7 Å². The lowest BCUT2D eigenvalue weighted by atomic mass is 9.94. The molecule has 0 bridgehead atoms. The van der Waals surface area contributed by atoms with Gasteiger partial charge >= 0.3 is 6.09 Å². The van der Waals surface area contributed by atoms with E-state index in [2.05, 4.69) is 17.6 Å². The third kappa shape index (κ3) is 11.4. The number of rotatable bonds is 14. The van der Waals surface area contributed by atoms with Crippen molar-refractivity contribution in [1.82, 2.24) is 15.5 Å². The molecule has 38 heavy (non-hydrogen) atoms. The van der Waals surface area contributed by atoms with Gasteiger partial charge in [-0.15, -0.1) is 0 Å². The van der Waals surface area contributed by atoms with Gasteiger partial charge in [-0.1, -0.05) is 76.6 Å². The minimum atomic E-state index is -0.829. The molecule has 7 nitrogen and oxygen atoms in total. The molecule has 1 rings (SSSR count). The van der Waals surface area contributed by atoms with Crippen molar-refractivity contribution < 1.29 is 19.1 Å². The van der Waals surface area contributed by atoms with Crippen LogP contribution in [0.25, 0.3) is 0 Å². The average Bonchev–Trinajstić information content (AvgIpc) is 2.77. The van der Waals surface area contributed by atoms with Crippen LogP contribution in [0.4, 0.5) is 4.79 Å². The van der Waals surface area contributed by atoms with Crippen LogP contribution in [-0.2, 0) is 14.3 Å². The smallest absolute Gasteiger partial charge is 0.408 e. The standard InChI is InChI=1S/C31H53N3O4/c1-11-12-13-14-15-16-19-34(29(36)26(21(2)3)33-30(37)38-31(8,9)10)27(28(35)32-22(4)5)25-18-17-23(6)20-24(25)7/h17-18,20-22,26-27H,11-16,19H2,1-10H3,(H,32,35)(H,33,37). The van der Waals surface area contributed by atoms with E-state index in [1.165, 1.54) is 12.8 Å². The van der Waals surface area contributed by atoms with Crippen molar-refractivity contribution in [3.8, 4) is 0 Å². The maximum Gasteiger partial charge on any atom is 0.408 e. The molecule has 2 unspecified atom stereocenters. The highest BCUT2D eigenvalue weighted by Gasteiger charge is 2.38. The number of ether oxygens (including phenoxy) is 1. The SMILES string of the molecule is CCCCCCCCN(C(=O)C(NC(=O)OC(C)(C)C)C(C)C)C(C(=O)NC(C)C)c1ccc(C)cc1C. The maximum atomic E-state index is 14.2. The summed E-state index contributed by atoms with van der Waals surface area (Å²) in [6.07, 6.45) is 5.73. The number of benzene rings is 1. The topological polar surface area (TPSA) is 87.7 Å². The normalized spacial score (nSPS) is 13.3. The highest BCUT2D eigenvalue weighted by atomic mass is 16.6. The zero-order chi connectivity index (χ0) is 29.0. The van der Waals surface area contributed by atoms with Gasteiger partial charge in [0.2, 0.25) is 11.8 Å². The first-order valence-electron chi connectivity index (χ1n) is 14.3. The van der Waals surface area contributed by atoms with E-state index in [-0.39, 0.29) is 23.8 Å². The molecule has 0 aliphatic heterocycles. The van der Waals surface area contributed by atoms with E-state index < -0.39 is 23.8 Å². The monoisotopic (exact) mass is 531 g/mol. The Hall–Kier alpha value is -2.57. The Labute approximate surface area is 231 Å². The number of carbonyl (C=O) groups is 3. The zero-order valence-corrected chi connectivity index (χ0v) is 25.6. The first-order valence-corrected chi connectivity index (χ1v) is 14.3. The average molecular weight is 532 g/mol. The number of alkyl carbamates (subject to hydrolysis) is 1. The van der Waals surface area contributed by atoms with Crippen LogP contribution in [0.3, 0.4) is 0 Å². The molecule has 0 fully saturated rings. The lowest BCUT2D eigenvalue weighted by Gasteiger charge is -2.36. The Kier molecular flexibility index (Phi) is 13.9. The van der Waals surface area contributed by atoms with E-state index in [1.807, 2.05) is 59.7 Å². The summed E-state index contributed by atoms with van der Waals surface area (Å²) in [6, 6.07) is 4.25. The number of carbonyl (C=O) groups excluding carboxylic acids is 3. The first kappa shape index (κ1) is 33.5. The van der Waals surface area contributed by atoms with Crippen LogP contribution in [0.15, 0.2) is 18.2 Å². The number of nitrogens with one attached hydrogen (secondary N) is 2. The second kappa shape index (κ2) is 15.7. The van der Waals surface area contributed by atoms with Gasteiger partial charge in [0.15, 0.2) is 0 Å². The number of hydrogen-bond donors (Lipinski definition) is 2. The van der Waals surface area contributed by atoms with Gasteiger partial charge in [0.05, 0.1) is 0 Å². The summed E-state index contributed by atoms with van der Waals surface area (Å²) in [6.45, 7) is 19.6. The molecule has 0 aromatic heterocycles. The molecule has 0 spiro atoms. The van der Waals surface area contributed by atoms with Gasteiger partial charge in [-0.3, -0.25) is 9.59 Å². The van der Waals surface area contributed by atoms with Crippen molar-refractivity contribution in [2.24, 2.45) is 5.92 Å². The molecule has 0 aliphatic rings. The van der Waals surface area contributed by atoms with Crippen molar-refractivity contribution in [1.29, 1.82) is 0 Å². The predicted molar refractivity (Wildman–Crippen MR) is 155 cm³/mol. The Morgan fingerprint density at radius 3 is 2.05 bits per heavy atom. The van der Waals surface area contributed by atoms with Gasteiger partial charge in [-0.25, -0.2) is 4.79 Å². The van der Waals surface area contributed by atoms with Crippen LogP contribution in [-0.4, -0.2) is 47.0 Å². The Morgan fingerprint density at radius 1 is 0.921 bits per heavy atom. The molecule has 1 aromatic carbocycles. The van der Waals surface area contributed by atoms with Gasteiger partial charge in [-0.2, -0.15) is 0 Å². The molecule has 2 N–H and O–H groups in total. The number of unbranched alkanes of at least 4 members (excludes halogenated alkanes) is 5. The van der Waals surface area contributed by atoms with Gasteiger partial charge in [0.1, 0.15) is 17.7 Å². The summed E-state index contributed by atoms with van der Waals surface area (Å²) in [7, 11) is 0. The van der Waals surface area contributed by atoms with Crippen molar-refractivity contribution in [2.75, 3.05) is 6.54 Å². The minimum Gasteiger partial charge on any atom is -0.444 e. The molecule has 2 atom stereocenters. The van der Waals surface area contributed by atoms with Crippen LogP contribution in [0.2, 0.25) is 0 Å². The summed E-state index contributed by atoms with van der Waals surface area (Å²) in [5.41, 5.74) is 2.16. The lowest BCUT2D eigenvalue weighted by molar-refractivity contribution is -0.143. The van der Waals surface area contributed by atoms with E-state index in [4.69, 9.17) is 4.74 Å². The van der Waals surface area contributed by atoms with Crippen LogP contribution in [0.1, 0.15) is 117 Å². The van der Waals surface area contributed by atoms with E-state index >= 15 is 0 Å². The highest BCUT2D eigenvalue weighted by Crippen LogP contribution is 2.28. The summed E-state index contributed by atoms with van der Waals surface area (Å²) in [5, 5.41) is 5.83. The molecular weight excluding hydrogens is 478 g/mol. The van der Waals surface area contributed by atoms with Gasteiger partial charge in [0.25, 0.3) is 0 Å². The van der Waals surface area contributed by atoms with Crippen LogP contribution in [0.5, 0.6) is 0 Å². The number of amides is 3. The molecule has 0 heterocycles. The molecule has 216 valence electrons. The molecule has 3 amide bonds. The van der Waals surface area contributed by atoms with Crippen molar-refractivity contribution in [2.45, 2.75) is 131 Å². The van der Waals surface area contributed by atoms with Gasteiger partial charge in [0, 0.05) is 12.6 Å². The fourth-order valence-corrected chi connectivity index (χ4v) is 4.50. The molecule has 0 saturated carbocycles. The van der Waals surface area contributed by atoms with E-state index in [0.717, 1.165) is 42.4 Å². The third-order valence-electron chi connectivity index (χ3n) is 6.35. The van der Waals surface area contributed by atoms with Crippen molar-refractivity contribution in [3.05, 3.63) is 34.9 Å². The van der Waals surface area contributed by atoms with Crippen molar-refractivity contribution >= 4 is 17.9 Å². The lowest BCUT2D eigenvalue weighted by Crippen LogP contribution is -2.55. The number of nitrogens with zero attached hydrogens (tertiary/aromatic N) is 1. The molecule has 1 aromatic rings. The molecule has 0 saturated heterocycles.